The minimum absolute atomic E-state index is 0.0633. The normalized spacial score (nSPS) is 11.4. The average Bonchev–Trinajstić information content (AvgIpc) is 3.43. The van der Waals surface area contributed by atoms with Gasteiger partial charge in [-0.25, -0.2) is 19.4 Å². The number of nitrogens with one attached hydrogen (secondary N) is 2. The highest BCUT2D eigenvalue weighted by Crippen LogP contribution is 2.36. The van der Waals surface area contributed by atoms with Crippen LogP contribution in [0, 0.1) is 0 Å². The molecule has 6 rings (SSSR count). The number of aromatic amines is 2. The molecule has 0 atom stereocenters. The number of H-pyrrole nitrogens is 2. The smallest absolute Gasteiger partial charge is 0.361 e. The Morgan fingerprint density at radius 2 is 1.68 bits per heavy atom. The minimum Gasteiger partial charge on any atom is -0.461 e. The molecule has 10 heteroatoms. The maximum atomic E-state index is 12.8. The number of aromatic nitrogens is 7. The minimum atomic E-state index is -0.588. The molecule has 2 N–H and O–H groups in total. The first-order valence-electron chi connectivity index (χ1n) is 10.6. The van der Waals surface area contributed by atoms with Crippen molar-refractivity contribution in [1.29, 1.82) is 0 Å². The van der Waals surface area contributed by atoms with Crippen LogP contribution in [0.5, 0.6) is 0 Å². The van der Waals surface area contributed by atoms with E-state index in [-0.39, 0.29) is 23.5 Å². The number of hydrogen-bond acceptors (Lipinski definition) is 7. The van der Waals surface area contributed by atoms with Gasteiger partial charge in [-0.3, -0.25) is 9.89 Å². The van der Waals surface area contributed by atoms with E-state index in [1.165, 1.54) is 0 Å². The number of pyridine rings is 1. The van der Waals surface area contributed by atoms with Crippen molar-refractivity contribution in [2.45, 2.75) is 6.92 Å². The maximum absolute atomic E-state index is 12.8. The molecule has 0 radical (unpaired) electrons. The fourth-order valence-electron chi connectivity index (χ4n) is 4.20. The average molecular weight is 451 g/mol. The number of esters is 1. The second-order valence-corrected chi connectivity index (χ2v) is 7.58. The predicted molar refractivity (Wildman–Crippen MR) is 125 cm³/mol. The van der Waals surface area contributed by atoms with Gasteiger partial charge in [0.15, 0.2) is 22.6 Å². The van der Waals surface area contributed by atoms with Crippen molar-refractivity contribution >= 4 is 33.7 Å². The summed E-state index contributed by atoms with van der Waals surface area (Å²) in [5.41, 5.74) is 3.51. The summed E-state index contributed by atoms with van der Waals surface area (Å²) in [6.45, 7) is 1.93. The summed E-state index contributed by atoms with van der Waals surface area (Å²) in [4.78, 5) is 30.0. The lowest BCUT2D eigenvalue weighted by Crippen LogP contribution is -2.14. The lowest BCUT2D eigenvalue weighted by molar-refractivity contribution is 0.0518. The molecule has 10 nitrogen and oxygen atoms in total. The molecule has 2 aromatic carbocycles. The van der Waals surface area contributed by atoms with Crippen molar-refractivity contribution in [2.75, 3.05) is 6.61 Å². The van der Waals surface area contributed by atoms with Gasteiger partial charge in [0.05, 0.1) is 17.4 Å². The molecule has 6 aromatic rings. The second-order valence-electron chi connectivity index (χ2n) is 7.58. The molecule has 0 amide bonds. The molecule has 166 valence electrons. The third-order valence-corrected chi connectivity index (χ3v) is 5.59. The molecular formula is C24H17N7O3. The van der Waals surface area contributed by atoms with E-state index in [0.29, 0.717) is 33.3 Å². The fraction of sp³-hybridized carbons (Fsp3) is 0.0833. The molecule has 0 spiro atoms. The fourth-order valence-corrected chi connectivity index (χ4v) is 4.20. The Labute approximate surface area is 191 Å². The first-order chi connectivity index (χ1) is 16.7. The molecule has 0 aliphatic heterocycles. The molecule has 0 aliphatic carbocycles. The van der Waals surface area contributed by atoms with Gasteiger partial charge >= 0.3 is 5.97 Å². The number of benzene rings is 2. The highest BCUT2D eigenvalue weighted by atomic mass is 16.5. The van der Waals surface area contributed by atoms with Crippen LogP contribution >= 0.6 is 0 Å². The summed E-state index contributed by atoms with van der Waals surface area (Å²) in [6, 6.07) is 18.8. The third-order valence-electron chi connectivity index (χ3n) is 5.59. The SMILES string of the molecule is CCOC(=O)c1nnc2c3c(-c4ccccc4)c4c(=O)[nH]nc4nc3[nH]n2c1-c1ccccc1. The van der Waals surface area contributed by atoms with Crippen molar-refractivity contribution in [2.24, 2.45) is 0 Å². The number of nitrogens with zero attached hydrogens (tertiary/aromatic N) is 5. The summed E-state index contributed by atoms with van der Waals surface area (Å²) in [7, 11) is 0. The Morgan fingerprint density at radius 3 is 2.38 bits per heavy atom. The number of carbonyl (C=O) groups excluding carboxylic acids is 1. The lowest BCUT2D eigenvalue weighted by atomic mass is 10.0. The number of ether oxygens (including phenoxy) is 1. The molecule has 0 saturated heterocycles. The van der Waals surface area contributed by atoms with Crippen molar-refractivity contribution in [1.82, 2.24) is 35.0 Å². The molecule has 0 aliphatic rings. The van der Waals surface area contributed by atoms with Gasteiger partial charge in [0.1, 0.15) is 5.69 Å². The number of carbonyl (C=O) groups is 1. The number of fused-ring (bicyclic) bond motifs is 4. The third kappa shape index (κ3) is 2.89. The van der Waals surface area contributed by atoms with E-state index < -0.39 is 5.97 Å². The molecule has 0 bridgehead atoms. The van der Waals surface area contributed by atoms with Gasteiger partial charge < -0.3 is 4.74 Å². The van der Waals surface area contributed by atoms with E-state index in [0.717, 1.165) is 11.1 Å². The van der Waals surface area contributed by atoms with Crippen LogP contribution in [0.1, 0.15) is 17.4 Å². The van der Waals surface area contributed by atoms with Crippen molar-refractivity contribution in [3.63, 3.8) is 0 Å². The first kappa shape index (κ1) is 19.8. The second kappa shape index (κ2) is 7.62. The Hall–Kier alpha value is -4.86. The quantitative estimate of drug-likeness (QED) is 0.393. The molecule has 0 saturated carbocycles. The molecule has 4 aromatic heterocycles. The molecule has 34 heavy (non-hydrogen) atoms. The van der Waals surface area contributed by atoms with Crippen LogP contribution in [-0.4, -0.2) is 47.6 Å². The highest BCUT2D eigenvalue weighted by Gasteiger charge is 2.26. The lowest BCUT2D eigenvalue weighted by Gasteiger charge is -2.10. The summed E-state index contributed by atoms with van der Waals surface area (Å²) in [5.74, 6) is -0.588. The van der Waals surface area contributed by atoms with E-state index in [9.17, 15) is 9.59 Å². The Bertz CT molecular complexity index is 1750. The van der Waals surface area contributed by atoms with Crippen LogP contribution < -0.4 is 5.56 Å². The zero-order valence-corrected chi connectivity index (χ0v) is 17.9. The summed E-state index contributed by atoms with van der Waals surface area (Å²) >= 11 is 0. The zero-order valence-electron chi connectivity index (χ0n) is 17.9. The van der Waals surface area contributed by atoms with Crippen LogP contribution in [0.4, 0.5) is 0 Å². The monoisotopic (exact) mass is 451 g/mol. The van der Waals surface area contributed by atoms with Gasteiger partial charge in [-0.1, -0.05) is 60.7 Å². The molecule has 0 unspecified atom stereocenters. The Kier molecular flexibility index (Phi) is 4.44. The predicted octanol–water partition coefficient (Wildman–Crippen LogP) is 3.35. The summed E-state index contributed by atoms with van der Waals surface area (Å²) in [6.07, 6.45) is 0. The van der Waals surface area contributed by atoms with Crippen LogP contribution in [0.25, 0.3) is 50.1 Å². The molecular weight excluding hydrogens is 434 g/mol. The zero-order chi connectivity index (χ0) is 23.2. The van der Waals surface area contributed by atoms with E-state index in [4.69, 9.17) is 4.74 Å². The Morgan fingerprint density at radius 1 is 0.971 bits per heavy atom. The van der Waals surface area contributed by atoms with Crippen LogP contribution in [0.2, 0.25) is 0 Å². The number of rotatable bonds is 4. The first-order valence-corrected chi connectivity index (χ1v) is 10.6. The van der Waals surface area contributed by atoms with Gasteiger partial charge in [0, 0.05) is 11.1 Å². The van der Waals surface area contributed by atoms with Gasteiger partial charge in [0.25, 0.3) is 5.56 Å². The van der Waals surface area contributed by atoms with Gasteiger partial charge in [-0.2, -0.15) is 5.10 Å². The maximum Gasteiger partial charge on any atom is 0.361 e. The van der Waals surface area contributed by atoms with Gasteiger partial charge in [-0.15, -0.1) is 10.2 Å². The largest absolute Gasteiger partial charge is 0.461 e. The summed E-state index contributed by atoms with van der Waals surface area (Å²) in [5, 5.41) is 19.4. The van der Waals surface area contributed by atoms with E-state index >= 15 is 0 Å². The van der Waals surface area contributed by atoms with Gasteiger partial charge in [0.2, 0.25) is 0 Å². The van der Waals surface area contributed by atoms with Crippen molar-refractivity contribution in [3.8, 4) is 22.4 Å². The molecule has 4 heterocycles. The van der Waals surface area contributed by atoms with Crippen LogP contribution in [-0.2, 0) is 4.74 Å². The topological polar surface area (TPSA) is 131 Å². The van der Waals surface area contributed by atoms with Crippen LogP contribution in [0.15, 0.2) is 65.5 Å². The van der Waals surface area contributed by atoms with E-state index in [2.05, 4.69) is 30.5 Å². The van der Waals surface area contributed by atoms with Gasteiger partial charge in [-0.05, 0) is 12.5 Å². The van der Waals surface area contributed by atoms with Crippen molar-refractivity contribution in [3.05, 3.63) is 76.7 Å². The molecule has 0 fully saturated rings. The summed E-state index contributed by atoms with van der Waals surface area (Å²) < 4.78 is 6.89. The number of hydrogen-bond donors (Lipinski definition) is 2. The van der Waals surface area contributed by atoms with Crippen molar-refractivity contribution < 1.29 is 9.53 Å². The van der Waals surface area contributed by atoms with E-state index in [1.807, 2.05) is 60.7 Å². The van der Waals surface area contributed by atoms with Crippen LogP contribution in [0.3, 0.4) is 0 Å². The Balaban J connectivity index is 1.80. The highest BCUT2D eigenvalue weighted by molar-refractivity contribution is 6.13. The standard InChI is InChI=1S/C24H17N7O3/c1-2-34-24(33)18-19(14-11-7-4-8-12-14)31-22(28-26-18)16-15(13-9-5-3-6-10-13)17-20(25-21(16)30-31)27-29-23(17)32/h3-12H,2H2,1H3,(H,29,32)(H,25,27,30). The van der Waals surface area contributed by atoms with E-state index in [1.54, 1.807) is 11.4 Å².